The minimum Gasteiger partial charge on any atom is -0.477 e. The van der Waals surface area contributed by atoms with Crippen molar-refractivity contribution in [3.8, 4) is 0 Å². The van der Waals surface area contributed by atoms with Crippen LogP contribution in [0.1, 0.15) is 65.2 Å². The molecule has 0 aromatic carbocycles. The van der Waals surface area contributed by atoms with Crippen LogP contribution in [0, 0.1) is 19.8 Å². The van der Waals surface area contributed by atoms with Crippen LogP contribution >= 0.6 is 0 Å². The molecule has 0 spiro atoms. The first-order valence-corrected chi connectivity index (χ1v) is 7.56. The van der Waals surface area contributed by atoms with Gasteiger partial charge in [0.1, 0.15) is 5.69 Å². The highest BCUT2D eigenvalue weighted by Gasteiger charge is 2.35. The molecule has 21 heavy (non-hydrogen) atoms. The van der Waals surface area contributed by atoms with E-state index in [1.165, 1.54) is 0 Å². The van der Waals surface area contributed by atoms with E-state index in [0.717, 1.165) is 25.8 Å². The summed E-state index contributed by atoms with van der Waals surface area (Å²) in [6, 6.07) is 0.332. The third kappa shape index (κ3) is 3.28. The van der Waals surface area contributed by atoms with Crippen LogP contribution in [-0.2, 0) is 0 Å². The van der Waals surface area contributed by atoms with Gasteiger partial charge < -0.3 is 15.0 Å². The van der Waals surface area contributed by atoms with Crippen LogP contribution in [0.2, 0.25) is 0 Å². The second kappa shape index (κ2) is 5.92. The van der Waals surface area contributed by atoms with E-state index in [4.69, 9.17) is 5.11 Å². The van der Waals surface area contributed by atoms with Gasteiger partial charge in [0.2, 0.25) is 0 Å². The molecule has 1 heterocycles. The number of carboxylic acid groups (broad SMARTS) is 1. The number of hydrogen-bond donors (Lipinski definition) is 2. The summed E-state index contributed by atoms with van der Waals surface area (Å²) in [4.78, 5) is 28.8. The lowest BCUT2D eigenvalue weighted by Gasteiger charge is -2.24. The zero-order valence-corrected chi connectivity index (χ0v) is 13.2. The molecule has 1 aromatic rings. The van der Waals surface area contributed by atoms with Crippen molar-refractivity contribution in [3.63, 3.8) is 0 Å². The van der Waals surface area contributed by atoms with Gasteiger partial charge in [0, 0.05) is 18.3 Å². The molecule has 116 valence electrons. The highest BCUT2D eigenvalue weighted by atomic mass is 16.4. The molecule has 2 N–H and O–H groups in total. The van der Waals surface area contributed by atoms with Gasteiger partial charge in [-0.3, -0.25) is 4.79 Å². The van der Waals surface area contributed by atoms with Crippen molar-refractivity contribution >= 4 is 11.9 Å². The fraction of sp³-hybridized carbons (Fsp3) is 0.625. The number of aromatic carboxylic acids is 1. The van der Waals surface area contributed by atoms with Gasteiger partial charge in [-0.05, 0) is 44.6 Å². The van der Waals surface area contributed by atoms with E-state index >= 15 is 0 Å². The number of carbonyl (C=O) groups is 2. The lowest BCUT2D eigenvalue weighted by molar-refractivity contribution is 0.0690. The Morgan fingerprint density at radius 3 is 2.38 bits per heavy atom. The molecule has 1 aromatic heterocycles. The Morgan fingerprint density at radius 1 is 1.33 bits per heavy atom. The molecule has 1 aliphatic rings. The minimum absolute atomic E-state index is 0.0306. The van der Waals surface area contributed by atoms with Crippen molar-refractivity contribution in [1.82, 2.24) is 9.88 Å². The van der Waals surface area contributed by atoms with Crippen molar-refractivity contribution in [2.24, 2.45) is 5.92 Å². The number of carboxylic acids is 1. The second-order valence-corrected chi connectivity index (χ2v) is 6.34. The number of aromatic nitrogens is 1. The Balaban J connectivity index is 2.26. The summed E-state index contributed by atoms with van der Waals surface area (Å²) in [6.45, 7) is 8.50. The SMILES string of the molecule is Cc1[nH]c(C(=O)O)c(C)c1C(=O)N(CCC(C)C)C1CC1. The van der Waals surface area contributed by atoms with Gasteiger partial charge in [0.25, 0.3) is 5.91 Å². The molecule has 1 amide bonds. The molecule has 0 radical (unpaired) electrons. The summed E-state index contributed by atoms with van der Waals surface area (Å²) in [5, 5.41) is 9.17. The third-order valence-corrected chi connectivity index (χ3v) is 4.06. The molecular weight excluding hydrogens is 268 g/mol. The summed E-state index contributed by atoms with van der Waals surface area (Å²) < 4.78 is 0. The van der Waals surface area contributed by atoms with Crippen molar-refractivity contribution in [3.05, 3.63) is 22.5 Å². The van der Waals surface area contributed by atoms with Crippen LogP contribution < -0.4 is 0 Å². The van der Waals surface area contributed by atoms with Gasteiger partial charge in [-0.25, -0.2) is 4.79 Å². The van der Waals surface area contributed by atoms with Crippen LogP contribution in [0.25, 0.3) is 0 Å². The molecule has 5 heteroatoms. The molecule has 1 fully saturated rings. The van der Waals surface area contributed by atoms with Crippen molar-refractivity contribution in [2.45, 2.75) is 53.0 Å². The van der Waals surface area contributed by atoms with E-state index in [9.17, 15) is 9.59 Å². The van der Waals surface area contributed by atoms with Crippen LogP contribution in [0.5, 0.6) is 0 Å². The second-order valence-electron chi connectivity index (χ2n) is 6.34. The predicted octanol–water partition coefficient (Wildman–Crippen LogP) is 2.98. The number of nitrogens with one attached hydrogen (secondary N) is 1. The Labute approximate surface area is 125 Å². The van der Waals surface area contributed by atoms with Gasteiger partial charge in [-0.2, -0.15) is 0 Å². The lowest BCUT2D eigenvalue weighted by atomic mass is 10.1. The topological polar surface area (TPSA) is 73.4 Å². The number of H-pyrrole nitrogens is 1. The first kappa shape index (κ1) is 15.6. The highest BCUT2D eigenvalue weighted by molar-refractivity contribution is 6.01. The van der Waals surface area contributed by atoms with Gasteiger partial charge in [-0.1, -0.05) is 13.8 Å². The predicted molar refractivity (Wildman–Crippen MR) is 80.7 cm³/mol. The summed E-state index contributed by atoms with van der Waals surface area (Å²) >= 11 is 0. The monoisotopic (exact) mass is 292 g/mol. The molecule has 1 aliphatic carbocycles. The Bertz CT molecular complexity index is 556. The number of carbonyl (C=O) groups excluding carboxylic acids is 1. The molecule has 0 atom stereocenters. The van der Waals surface area contributed by atoms with E-state index in [0.29, 0.717) is 28.8 Å². The number of amides is 1. The summed E-state index contributed by atoms with van der Waals surface area (Å²) in [5.41, 5.74) is 1.84. The van der Waals surface area contributed by atoms with E-state index < -0.39 is 5.97 Å². The summed E-state index contributed by atoms with van der Waals surface area (Å²) in [7, 11) is 0. The molecule has 0 bridgehead atoms. The first-order valence-electron chi connectivity index (χ1n) is 7.56. The standard InChI is InChI=1S/C16H24N2O3/c1-9(2)7-8-18(12-5-6-12)15(19)13-10(3)14(16(20)21)17-11(13)4/h9,12,17H,5-8H2,1-4H3,(H,20,21). The lowest BCUT2D eigenvalue weighted by Crippen LogP contribution is -2.35. The van der Waals surface area contributed by atoms with Gasteiger partial charge >= 0.3 is 5.97 Å². The Morgan fingerprint density at radius 2 is 1.95 bits per heavy atom. The van der Waals surface area contributed by atoms with E-state index in [1.54, 1.807) is 13.8 Å². The Kier molecular flexibility index (Phi) is 4.40. The average Bonchev–Trinajstić information content (AvgIpc) is 3.15. The van der Waals surface area contributed by atoms with Crippen molar-refractivity contribution in [1.29, 1.82) is 0 Å². The van der Waals surface area contributed by atoms with Gasteiger partial charge in [-0.15, -0.1) is 0 Å². The molecule has 0 saturated heterocycles. The van der Waals surface area contributed by atoms with Crippen LogP contribution in [0.3, 0.4) is 0 Å². The molecular formula is C16H24N2O3. The van der Waals surface area contributed by atoms with E-state index in [2.05, 4.69) is 18.8 Å². The third-order valence-electron chi connectivity index (χ3n) is 4.06. The van der Waals surface area contributed by atoms with Crippen LogP contribution in [0.4, 0.5) is 0 Å². The van der Waals surface area contributed by atoms with Gasteiger partial charge in [0.15, 0.2) is 0 Å². The zero-order valence-electron chi connectivity index (χ0n) is 13.2. The maximum absolute atomic E-state index is 12.8. The molecule has 0 aliphatic heterocycles. The normalized spacial score (nSPS) is 14.5. The quantitative estimate of drug-likeness (QED) is 0.846. The maximum Gasteiger partial charge on any atom is 0.352 e. The molecule has 2 rings (SSSR count). The van der Waals surface area contributed by atoms with Crippen LogP contribution in [-0.4, -0.2) is 39.5 Å². The van der Waals surface area contributed by atoms with Crippen LogP contribution in [0.15, 0.2) is 0 Å². The number of hydrogen-bond acceptors (Lipinski definition) is 2. The number of nitrogens with zero attached hydrogens (tertiary/aromatic N) is 1. The van der Waals surface area contributed by atoms with Gasteiger partial charge in [0.05, 0.1) is 5.56 Å². The summed E-state index contributed by atoms with van der Waals surface area (Å²) in [6.07, 6.45) is 3.08. The highest BCUT2D eigenvalue weighted by Crippen LogP contribution is 2.30. The molecule has 0 unspecified atom stereocenters. The fourth-order valence-electron chi connectivity index (χ4n) is 2.66. The van der Waals surface area contributed by atoms with E-state index in [1.807, 2.05) is 4.90 Å². The van der Waals surface area contributed by atoms with E-state index in [-0.39, 0.29) is 11.6 Å². The minimum atomic E-state index is -1.02. The summed E-state index contributed by atoms with van der Waals surface area (Å²) in [5.74, 6) is -0.506. The van der Waals surface area contributed by atoms with Crippen molar-refractivity contribution in [2.75, 3.05) is 6.54 Å². The van der Waals surface area contributed by atoms with Crippen molar-refractivity contribution < 1.29 is 14.7 Å². The average molecular weight is 292 g/mol. The maximum atomic E-state index is 12.8. The molecule has 5 nitrogen and oxygen atoms in total. The number of aromatic amines is 1. The smallest absolute Gasteiger partial charge is 0.352 e. The Hall–Kier alpha value is -1.78. The first-order chi connectivity index (χ1) is 9.82. The largest absolute Gasteiger partial charge is 0.477 e. The zero-order chi connectivity index (χ0) is 15.7. The number of aryl methyl sites for hydroxylation is 1. The fourth-order valence-corrected chi connectivity index (χ4v) is 2.66. The number of rotatable bonds is 6. The molecule has 1 saturated carbocycles.